The molecular formula is C24H22N2O5. The predicted octanol–water partition coefficient (Wildman–Crippen LogP) is 4.24. The van der Waals surface area contributed by atoms with Crippen molar-refractivity contribution in [3.8, 4) is 23.0 Å². The van der Waals surface area contributed by atoms with Gasteiger partial charge >= 0.3 is 0 Å². The zero-order chi connectivity index (χ0) is 21.6. The molecule has 0 radical (unpaired) electrons. The highest BCUT2D eigenvalue weighted by atomic mass is 16.5. The zero-order valence-electron chi connectivity index (χ0n) is 17.0. The number of para-hydroxylation sites is 2. The second-order valence-electron chi connectivity index (χ2n) is 6.82. The van der Waals surface area contributed by atoms with Gasteiger partial charge in [0.2, 0.25) is 5.91 Å². The molecule has 1 aliphatic rings. The molecule has 0 atom stereocenters. The fraction of sp³-hybridized carbons (Fsp3) is 0.167. The number of carbonyl (C=O) groups excluding carboxylic acids is 2. The lowest BCUT2D eigenvalue weighted by atomic mass is 10.2. The van der Waals surface area contributed by atoms with Gasteiger partial charge in [0.05, 0.1) is 12.3 Å². The average Bonchev–Trinajstić information content (AvgIpc) is 2.79. The molecule has 7 nitrogen and oxygen atoms in total. The minimum absolute atomic E-state index is 0.0815. The summed E-state index contributed by atoms with van der Waals surface area (Å²) in [5.74, 6) is 2.14. The quantitative estimate of drug-likeness (QED) is 0.621. The van der Waals surface area contributed by atoms with Crippen molar-refractivity contribution in [3.63, 3.8) is 0 Å². The molecule has 0 saturated heterocycles. The van der Waals surface area contributed by atoms with Crippen molar-refractivity contribution in [2.24, 2.45) is 0 Å². The maximum Gasteiger partial charge on any atom is 0.265 e. The van der Waals surface area contributed by atoms with Crippen LogP contribution in [0, 0.1) is 0 Å². The first-order chi connectivity index (χ1) is 15.1. The third kappa shape index (κ3) is 4.95. The second kappa shape index (κ2) is 9.21. The Morgan fingerprint density at radius 3 is 2.32 bits per heavy atom. The number of fused-ring (bicyclic) bond motifs is 1. The monoisotopic (exact) mass is 418 g/mol. The summed E-state index contributed by atoms with van der Waals surface area (Å²) in [4.78, 5) is 26.2. The number of hydrogen-bond acceptors (Lipinski definition) is 5. The molecule has 1 aliphatic heterocycles. The van der Waals surface area contributed by atoms with Crippen LogP contribution in [0.5, 0.6) is 23.0 Å². The molecule has 0 spiro atoms. The van der Waals surface area contributed by atoms with Gasteiger partial charge in [0, 0.05) is 5.69 Å². The van der Waals surface area contributed by atoms with Crippen LogP contribution in [0.3, 0.4) is 0 Å². The maximum atomic E-state index is 12.5. The first-order valence-corrected chi connectivity index (χ1v) is 9.95. The van der Waals surface area contributed by atoms with Crippen molar-refractivity contribution < 1.29 is 23.8 Å². The molecule has 3 aromatic rings. The fourth-order valence-corrected chi connectivity index (χ4v) is 3.18. The van der Waals surface area contributed by atoms with Crippen LogP contribution < -0.4 is 24.4 Å². The molecule has 0 saturated carbocycles. The summed E-state index contributed by atoms with van der Waals surface area (Å²) in [5, 5.41) is 2.81. The SMILES string of the molecule is CCOc1ccc(Oc2ccc(NC(=O)CN3C(=O)COc4ccccc43)cc2)cc1. The Kier molecular flexibility index (Phi) is 6.03. The van der Waals surface area contributed by atoms with E-state index in [-0.39, 0.29) is 25.0 Å². The standard InChI is InChI=1S/C24H22N2O5/c1-2-29-18-11-13-20(14-12-18)31-19-9-7-17(8-10-19)25-23(27)15-26-21-5-3-4-6-22(21)30-16-24(26)28/h3-14H,2,15-16H2,1H3,(H,25,27). The lowest BCUT2D eigenvalue weighted by Gasteiger charge is -2.28. The molecule has 0 aliphatic carbocycles. The third-order valence-electron chi connectivity index (χ3n) is 4.62. The summed E-state index contributed by atoms with van der Waals surface area (Å²) in [5.41, 5.74) is 1.20. The normalized spacial score (nSPS) is 12.5. The van der Waals surface area contributed by atoms with Gasteiger partial charge in [-0.1, -0.05) is 12.1 Å². The van der Waals surface area contributed by atoms with Gasteiger partial charge in [-0.3, -0.25) is 14.5 Å². The topological polar surface area (TPSA) is 77.1 Å². The van der Waals surface area contributed by atoms with Crippen molar-refractivity contribution in [1.82, 2.24) is 0 Å². The van der Waals surface area contributed by atoms with Crippen molar-refractivity contribution in [3.05, 3.63) is 72.8 Å². The number of nitrogens with zero attached hydrogens (tertiary/aromatic N) is 1. The van der Waals surface area contributed by atoms with E-state index in [4.69, 9.17) is 14.2 Å². The van der Waals surface area contributed by atoms with Crippen molar-refractivity contribution in [2.75, 3.05) is 30.0 Å². The number of benzene rings is 3. The van der Waals surface area contributed by atoms with E-state index in [2.05, 4.69) is 5.32 Å². The molecule has 0 aromatic heterocycles. The van der Waals surface area contributed by atoms with Gasteiger partial charge in [-0.15, -0.1) is 0 Å². The van der Waals surface area contributed by atoms with Gasteiger partial charge in [0.15, 0.2) is 6.61 Å². The predicted molar refractivity (Wildman–Crippen MR) is 117 cm³/mol. The Labute approximate surface area is 180 Å². The number of hydrogen-bond donors (Lipinski definition) is 1. The Balaban J connectivity index is 1.36. The van der Waals surface area contributed by atoms with Crippen LogP contribution in [0.15, 0.2) is 72.8 Å². The van der Waals surface area contributed by atoms with Gasteiger partial charge in [-0.05, 0) is 67.6 Å². The van der Waals surface area contributed by atoms with E-state index in [1.165, 1.54) is 4.90 Å². The average molecular weight is 418 g/mol. The lowest BCUT2D eigenvalue weighted by Crippen LogP contribution is -2.43. The number of rotatable bonds is 7. The smallest absolute Gasteiger partial charge is 0.265 e. The van der Waals surface area contributed by atoms with Gasteiger partial charge in [-0.2, -0.15) is 0 Å². The van der Waals surface area contributed by atoms with Gasteiger partial charge in [-0.25, -0.2) is 0 Å². The molecule has 4 rings (SSSR count). The van der Waals surface area contributed by atoms with Crippen molar-refractivity contribution >= 4 is 23.2 Å². The summed E-state index contributed by atoms with van der Waals surface area (Å²) in [6.07, 6.45) is 0. The van der Waals surface area contributed by atoms with Crippen LogP contribution in [-0.2, 0) is 9.59 Å². The zero-order valence-corrected chi connectivity index (χ0v) is 17.0. The second-order valence-corrected chi connectivity index (χ2v) is 6.82. The summed E-state index contributed by atoms with van der Waals surface area (Å²) >= 11 is 0. The summed E-state index contributed by atoms with van der Waals surface area (Å²) in [7, 11) is 0. The molecule has 2 amide bonds. The van der Waals surface area contributed by atoms with Crippen LogP contribution >= 0.6 is 0 Å². The molecule has 158 valence electrons. The first kappa shape index (κ1) is 20.3. The maximum absolute atomic E-state index is 12.5. The lowest BCUT2D eigenvalue weighted by molar-refractivity contribution is -0.123. The van der Waals surface area contributed by atoms with Crippen LogP contribution in [0.4, 0.5) is 11.4 Å². The number of carbonyl (C=O) groups is 2. The number of amides is 2. The largest absolute Gasteiger partial charge is 0.494 e. The fourth-order valence-electron chi connectivity index (χ4n) is 3.18. The summed E-state index contributed by atoms with van der Waals surface area (Å²) in [6.45, 7) is 2.37. The van der Waals surface area contributed by atoms with E-state index in [0.29, 0.717) is 35.2 Å². The molecular weight excluding hydrogens is 396 g/mol. The summed E-state index contributed by atoms with van der Waals surface area (Å²) < 4.78 is 16.6. The number of ether oxygens (including phenoxy) is 3. The van der Waals surface area contributed by atoms with Crippen LogP contribution in [0.1, 0.15) is 6.92 Å². The Morgan fingerprint density at radius 1 is 0.968 bits per heavy atom. The van der Waals surface area contributed by atoms with Gasteiger partial charge < -0.3 is 19.5 Å². The molecule has 31 heavy (non-hydrogen) atoms. The van der Waals surface area contributed by atoms with Crippen molar-refractivity contribution in [2.45, 2.75) is 6.92 Å². The Morgan fingerprint density at radius 2 is 1.61 bits per heavy atom. The third-order valence-corrected chi connectivity index (χ3v) is 4.62. The highest BCUT2D eigenvalue weighted by Crippen LogP contribution is 2.31. The minimum atomic E-state index is -0.301. The molecule has 1 heterocycles. The number of anilines is 2. The highest BCUT2D eigenvalue weighted by Gasteiger charge is 2.26. The van der Waals surface area contributed by atoms with Crippen LogP contribution in [-0.4, -0.2) is 31.6 Å². The first-order valence-electron chi connectivity index (χ1n) is 9.95. The molecule has 0 unspecified atom stereocenters. The summed E-state index contributed by atoms with van der Waals surface area (Å²) in [6, 6.07) is 21.5. The molecule has 1 N–H and O–H groups in total. The van der Waals surface area contributed by atoms with Crippen LogP contribution in [0.2, 0.25) is 0 Å². The van der Waals surface area contributed by atoms with E-state index in [1.807, 2.05) is 37.3 Å². The molecule has 7 heteroatoms. The molecule has 0 bridgehead atoms. The Hall–Kier alpha value is -4.00. The van der Waals surface area contributed by atoms with E-state index in [9.17, 15) is 9.59 Å². The van der Waals surface area contributed by atoms with Gasteiger partial charge in [0.25, 0.3) is 5.91 Å². The van der Waals surface area contributed by atoms with E-state index in [0.717, 1.165) is 5.75 Å². The molecule has 0 fully saturated rings. The highest BCUT2D eigenvalue weighted by molar-refractivity contribution is 6.04. The van der Waals surface area contributed by atoms with E-state index in [1.54, 1.807) is 42.5 Å². The van der Waals surface area contributed by atoms with Crippen molar-refractivity contribution in [1.29, 1.82) is 0 Å². The van der Waals surface area contributed by atoms with Crippen LogP contribution in [0.25, 0.3) is 0 Å². The van der Waals surface area contributed by atoms with E-state index >= 15 is 0 Å². The molecule has 3 aromatic carbocycles. The Bertz CT molecular complexity index is 1060. The van der Waals surface area contributed by atoms with E-state index < -0.39 is 0 Å². The van der Waals surface area contributed by atoms with Gasteiger partial charge in [0.1, 0.15) is 29.5 Å². The number of nitrogens with one attached hydrogen (secondary N) is 1. The minimum Gasteiger partial charge on any atom is -0.494 e.